The molecule has 0 saturated carbocycles. The Kier molecular flexibility index (Phi) is 3.92. The van der Waals surface area contributed by atoms with Crippen LogP contribution in [0, 0.1) is 0 Å². The van der Waals surface area contributed by atoms with Crippen molar-refractivity contribution < 1.29 is 13.2 Å². The standard InChI is InChI=1S/C10H16N4O3S/c1-10(2,6-8(11)15)14-18(16,17)7-4-3-5-13-9(7)12/h3-5,14H,6H2,1-2H3,(H2,11,15)(H2,12,13). The quantitative estimate of drug-likeness (QED) is 0.671. The van der Waals surface area contributed by atoms with E-state index in [1.807, 2.05) is 0 Å². The van der Waals surface area contributed by atoms with E-state index in [0.717, 1.165) is 0 Å². The minimum Gasteiger partial charge on any atom is -0.383 e. The molecule has 0 aliphatic rings. The zero-order valence-corrected chi connectivity index (χ0v) is 11.0. The van der Waals surface area contributed by atoms with Crippen LogP contribution in [0.2, 0.25) is 0 Å². The van der Waals surface area contributed by atoms with Crippen molar-refractivity contribution in [2.45, 2.75) is 30.7 Å². The Labute approximate surface area is 106 Å². The van der Waals surface area contributed by atoms with E-state index in [1.165, 1.54) is 18.3 Å². The topological polar surface area (TPSA) is 128 Å². The molecule has 0 unspecified atom stereocenters. The number of aromatic nitrogens is 1. The Balaban J connectivity index is 3.03. The summed E-state index contributed by atoms with van der Waals surface area (Å²) < 4.78 is 26.5. The first-order valence-electron chi connectivity index (χ1n) is 5.17. The van der Waals surface area contributed by atoms with Crippen LogP contribution in [0.25, 0.3) is 0 Å². The maximum Gasteiger partial charge on any atom is 0.244 e. The lowest BCUT2D eigenvalue weighted by molar-refractivity contribution is -0.119. The summed E-state index contributed by atoms with van der Waals surface area (Å²) in [5, 5.41) is 0. The number of amides is 1. The van der Waals surface area contributed by atoms with Gasteiger partial charge in [0, 0.05) is 18.2 Å². The van der Waals surface area contributed by atoms with Gasteiger partial charge in [0.2, 0.25) is 15.9 Å². The van der Waals surface area contributed by atoms with Crippen LogP contribution < -0.4 is 16.2 Å². The van der Waals surface area contributed by atoms with Gasteiger partial charge in [-0.2, -0.15) is 0 Å². The van der Waals surface area contributed by atoms with Crippen molar-refractivity contribution in [2.24, 2.45) is 5.73 Å². The largest absolute Gasteiger partial charge is 0.383 e. The van der Waals surface area contributed by atoms with E-state index in [4.69, 9.17) is 11.5 Å². The van der Waals surface area contributed by atoms with Crippen LogP contribution in [-0.4, -0.2) is 24.8 Å². The maximum absolute atomic E-state index is 12.1. The molecule has 100 valence electrons. The highest BCUT2D eigenvalue weighted by molar-refractivity contribution is 7.89. The predicted octanol–water partition coefficient (Wildman–Crippen LogP) is -0.404. The first-order valence-corrected chi connectivity index (χ1v) is 6.65. The summed E-state index contributed by atoms with van der Waals surface area (Å²) in [7, 11) is -3.84. The summed E-state index contributed by atoms with van der Waals surface area (Å²) in [6.07, 6.45) is 1.27. The summed E-state index contributed by atoms with van der Waals surface area (Å²) in [6, 6.07) is 2.80. The number of anilines is 1. The van der Waals surface area contributed by atoms with Gasteiger partial charge in [-0.25, -0.2) is 18.1 Å². The number of nitrogen functional groups attached to an aromatic ring is 1. The van der Waals surface area contributed by atoms with Gasteiger partial charge in [0.25, 0.3) is 0 Å². The highest BCUT2D eigenvalue weighted by Gasteiger charge is 2.29. The molecule has 1 rings (SSSR count). The number of hydrogen-bond acceptors (Lipinski definition) is 5. The second-order valence-electron chi connectivity index (χ2n) is 4.52. The summed E-state index contributed by atoms with van der Waals surface area (Å²) in [6.45, 7) is 3.11. The van der Waals surface area contributed by atoms with Gasteiger partial charge in [0.05, 0.1) is 0 Å². The number of primary amides is 1. The van der Waals surface area contributed by atoms with Crippen LogP contribution in [0.4, 0.5) is 5.82 Å². The van der Waals surface area contributed by atoms with E-state index >= 15 is 0 Å². The molecule has 7 nitrogen and oxygen atoms in total. The lowest BCUT2D eigenvalue weighted by atomic mass is 10.0. The Morgan fingerprint density at radius 3 is 2.61 bits per heavy atom. The minimum atomic E-state index is -3.84. The van der Waals surface area contributed by atoms with E-state index in [1.54, 1.807) is 13.8 Å². The summed E-state index contributed by atoms with van der Waals surface area (Å²) in [5.41, 5.74) is 9.57. The molecule has 0 radical (unpaired) electrons. The van der Waals surface area contributed by atoms with Crippen LogP contribution in [-0.2, 0) is 14.8 Å². The minimum absolute atomic E-state index is 0.0973. The first kappa shape index (κ1) is 14.4. The molecule has 1 aromatic heterocycles. The number of carbonyl (C=O) groups is 1. The number of nitrogens with zero attached hydrogens (tertiary/aromatic N) is 1. The summed E-state index contributed by atoms with van der Waals surface area (Å²) >= 11 is 0. The molecule has 8 heteroatoms. The van der Waals surface area contributed by atoms with Gasteiger partial charge in [-0.15, -0.1) is 0 Å². The number of carbonyl (C=O) groups excluding carboxylic acids is 1. The molecule has 0 atom stereocenters. The van der Waals surface area contributed by atoms with Gasteiger partial charge in [-0.1, -0.05) is 0 Å². The lowest BCUT2D eigenvalue weighted by Crippen LogP contribution is -2.46. The van der Waals surface area contributed by atoms with Crippen LogP contribution in [0.1, 0.15) is 20.3 Å². The van der Waals surface area contributed by atoms with E-state index in [0.29, 0.717) is 0 Å². The average molecular weight is 272 g/mol. The molecular formula is C10H16N4O3S. The van der Waals surface area contributed by atoms with Crippen molar-refractivity contribution in [3.63, 3.8) is 0 Å². The van der Waals surface area contributed by atoms with Crippen LogP contribution in [0.5, 0.6) is 0 Å². The van der Waals surface area contributed by atoms with Crippen molar-refractivity contribution in [3.05, 3.63) is 18.3 Å². The number of rotatable bonds is 5. The van der Waals surface area contributed by atoms with Gasteiger partial charge >= 0.3 is 0 Å². The highest BCUT2D eigenvalue weighted by atomic mass is 32.2. The molecule has 0 fully saturated rings. The molecule has 0 bridgehead atoms. The van der Waals surface area contributed by atoms with Crippen LogP contribution in [0.3, 0.4) is 0 Å². The monoisotopic (exact) mass is 272 g/mol. The second kappa shape index (κ2) is 4.91. The number of sulfonamides is 1. The SMILES string of the molecule is CC(C)(CC(N)=O)NS(=O)(=O)c1cccnc1N. The fourth-order valence-electron chi connectivity index (χ4n) is 1.52. The van der Waals surface area contributed by atoms with Crippen molar-refractivity contribution in [2.75, 3.05) is 5.73 Å². The molecular weight excluding hydrogens is 256 g/mol. The normalized spacial score (nSPS) is 12.3. The molecule has 0 saturated heterocycles. The molecule has 1 aromatic rings. The smallest absolute Gasteiger partial charge is 0.244 e. The van der Waals surface area contributed by atoms with Gasteiger partial charge < -0.3 is 11.5 Å². The molecule has 0 aromatic carbocycles. The molecule has 18 heavy (non-hydrogen) atoms. The fourth-order valence-corrected chi connectivity index (χ4v) is 3.02. The van der Waals surface area contributed by atoms with Gasteiger partial charge in [0.1, 0.15) is 10.7 Å². The average Bonchev–Trinajstić information content (AvgIpc) is 2.13. The second-order valence-corrected chi connectivity index (χ2v) is 6.17. The lowest BCUT2D eigenvalue weighted by Gasteiger charge is -2.24. The molecule has 5 N–H and O–H groups in total. The Hall–Kier alpha value is -1.67. The maximum atomic E-state index is 12.1. The van der Waals surface area contributed by atoms with E-state index < -0.39 is 21.5 Å². The van der Waals surface area contributed by atoms with Gasteiger partial charge in [0.15, 0.2) is 0 Å². The van der Waals surface area contributed by atoms with E-state index in [9.17, 15) is 13.2 Å². The third kappa shape index (κ3) is 3.67. The Morgan fingerprint density at radius 2 is 2.11 bits per heavy atom. The first-order chi connectivity index (χ1) is 8.14. The number of nitrogens with one attached hydrogen (secondary N) is 1. The third-order valence-electron chi connectivity index (χ3n) is 2.12. The van der Waals surface area contributed by atoms with Crippen molar-refractivity contribution >= 4 is 21.7 Å². The molecule has 1 amide bonds. The van der Waals surface area contributed by atoms with E-state index in [-0.39, 0.29) is 17.1 Å². The Bertz CT molecular complexity index is 554. The zero-order valence-electron chi connectivity index (χ0n) is 10.2. The van der Waals surface area contributed by atoms with Crippen LogP contribution in [0.15, 0.2) is 23.2 Å². The predicted molar refractivity (Wildman–Crippen MR) is 66.9 cm³/mol. The van der Waals surface area contributed by atoms with Crippen molar-refractivity contribution in [1.82, 2.24) is 9.71 Å². The summed E-state index contributed by atoms with van der Waals surface area (Å²) in [4.78, 5) is 14.4. The van der Waals surface area contributed by atoms with E-state index in [2.05, 4.69) is 9.71 Å². The Morgan fingerprint density at radius 1 is 1.50 bits per heavy atom. The molecule has 1 heterocycles. The van der Waals surface area contributed by atoms with Gasteiger partial charge in [-0.3, -0.25) is 4.79 Å². The number of nitrogens with two attached hydrogens (primary N) is 2. The van der Waals surface area contributed by atoms with Crippen molar-refractivity contribution in [1.29, 1.82) is 0 Å². The van der Waals surface area contributed by atoms with Gasteiger partial charge in [-0.05, 0) is 26.0 Å². The number of pyridine rings is 1. The third-order valence-corrected chi connectivity index (χ3v) is 3.86. The fraction of sp³-hybridized carbons (Fsp3) is 0.400. The number of hydrogen-bond donors (Lipinski definition) is 3. The van der Waals surface area contributed by atoms with Crippen molar-refractivity contribution in [3.8, 4) is 0 Å². The highest BCUT2D eigenvalue weighted by Crippen LogP contribution is 2.18. The molecule has 0 spiro atoms. The van der Waals surface area contributed by atoms with Crippen LogP contribution >= 0.6 is 0 Å². The molecule has 0 aliphatic heterocycles. The zero-order chi connectivity index (χ0) is 14.0. The summed E-state index contributed by atoms with van der Waals surface area (Å²) in [5.74, 6) is -0.693. The molecule has 0 aliphatic carbocycles.